The van der Waals surface area contributed by atoms with Crippen molar-refractivity contribution < 1.29 is 4.79 Å². The van der Waals surface area contributed by atoms with Gasteiger partial charge >= 0.3 is 0 Å². The molecule has 0 bridgehead atoms. The number of pyridine rings is 1. The van der Waals surface area contributed by atoms with Gasteiger partial charge in [-0.1, -0.05) is 31.0 Å². The van der Waals surface area contributed by atoms with Gasteiger partial charge in [-0.15, -0.1) is 0 Å². The molecule has 1 aromatic heterocycles. The predicted molar refractivity (Wildman–Crippen MR) is 79.3 cm³/mol. The van der Waals surface area contributed by atoms with E-state index in [1.165, 1.54) is 31.0 Å². The van der Waals surface area contributed by atoms with Gasteiger partial charge in [0.15, 0.2) is 0 Å². The van der Waals surface area contributed by atoms with E-state index in [1.54, 1.807) is 18.3 Å². The highest BCUT2D eigenvalue weighted by Crippen LogP contribution is 2.23. The Kier molecular flexibility index (Phi) is 5.42. The summed E-state index contributed by atoms with van der Waals surface area (Å²) >= 11 is 1.40. The summed E-state index contributed by atoms with van der Waals surface area (Å²) in [6.45, 7) is 0. The molecule has 0 saturated heterocycles. The number of hydrogen-bond donors (Lipinski definition) is 0. The minimum Gasteiger partial charge on any atom is -0.342 e. The average molecular weight is 289 g/mol. The molecule has 1 fully saturated rings. The molecule has 1 saturated carbocycles. The first kappa shape index (κ1) is 14.9. The Labute approximate surface area is 124 Å². The lowest BCUT2D eigenvalue weighted by atomic mass is 9.94. The Morgan fingerprint density at radius 2 is 2.25 bits per heavy atom. The van der Waals surface area contributed by atoms with E-state index in [2.05, 4.69) is 11.1 Å². The van der Waals surface area contributed by atoms with E-state index in [9.17, 15) is 4.79 Å². The quantitative estimate of drug-likeness (QED) is 0.800. The Balaban J connectivity index is 1.86. The van der Waals surface area contributed by atoms with Crippen molar-refractivity contribution in [2.45, 2.75) is 43.2 Å². The molecular weight excluding hydrogens is 270 g/mol. The van der Waals surface area contributed by atoms with Gasteiger partial charge in [-0.05, 0) is 25.0 Å². The molecule has 0 aliphatic heterocycles. The molecule has 0 spiro atoms. The summed E-state index contributed by atoms with van der Waals surface area (Å²) in [7, 11) is 1.90. The molecule has 2 rings (SSSR count). The first-order valence-corrected chi connectivity index (χ1v) is 7.94. The van der Waals surface area contributed by atoms with Gasteiger partial charge in [0.2, 0.25) is 5.91 Å². The maximum atomic E-state index is 12.2. The molecule has 106 valence electrons. The van der Waals surface area contributed by atoms with Gasteiger partial charge in [-0.2, -0.15) is 5.26 Å². The monoisotopic (exact) mass is 289 g/mol. The molecule has 0 N–H and O–H groups in total. The zero-order valence-electron chi connectivity index (χ0n) is 11.7. The van der Waals surface area contributed by atoms with Gasteiger partial charge < -0.3 is 4.90 Å². The average Bonchev–Trinajstić information content (AvgIpc) is 2.53. The zero-order chi connectivity index (χ0) is 14.4. The summed E-state index contributed by atoms with van der Waals surface area (Å²) in [5, 5.41) is 9.57. The summed E-state index contributed by atoms with van der Waals surface area (Å²) < 4.78 is 0. The van der Waals surface area contributed by atoms with Crippen molar-refractivity contribution >= 4 is 17.7 Å². The number of amides is 1. The maximum absolute atomic E-state index is 12.2. The normalized spacial score (nSPS) is 15.6. The van der Waals surface area contributed by atoms with Crippen LogP contribution < -0.4 is 0 Å². The number of carbonyl (C=O) groups is 1. The molecule has 1 amide bonds. The fraction of sp³-hybridized carbons (Fsp3) is 0.533. The Hall–Kier alpha value is -1.54. The van der Waals surface area contributed by atoms with Crippen molar-refractivity contribution in [3.8, 4) is 6.07 Å². The van der Waals surface area contributed by atoms with Crippen LogP contribution in [0.15, 0.2) is 23.4 Å². The molecule has 1 aliphatic rings. The van der Waals surface area contributed by atoms with Crippen molar-refractivity contribution in [2.24, 2.45) is 0 Å². The van der Waals surface area contributed by atoms with E-state index in [0.29, 0.717) is 17.4 Å². The Morgan fingerprint density at radius 1 is 1.50 bits per heavy atom. The molecule has 4 nitrogen and oxygen atoms in total. The summed E-state index contributed by atoms with van der Waals surface area (Å²) in [4.78, 5) is 18.2. The third-order valence-electron chi connectivity index (χ3n) is 3.72. The SMILES string of the molecule is CN(C(=O)CSc1cc(C#N)ccn1)C1CCCCC1. The minimum atomic E-state index is 0.145. The lowest BCUT2D eigenvalue weighted by Crippen LogP contribution is -2.39. The summed E-state index contributed by atoms with van der Waals surface area (Å²) in [6.07, 6.45) is 7.58. The fourth-order valence-electron chi connectivity index (χ4n) is 2.47. The molecule has 20 heavy (non-hydrogen) atoms. The highest BCUT2D eigenvalue weighted by molar-refractivity contribution is 7.99. The molecular formula is C15H19N3OS. The smallest absolute Gasteiger partial charge is 0.232 e. The topological polar surface area (TPSA) is 57.0 Å². The van der Waals surface area contributed by atoms with E-state index >= 15 is 0 Å². The van der Waals surface area contributed by atoms with Crippen molar-refractivity contribution in [2.75, 3.05) is 12.8 Å². The molecule has 0 radical (unpaired) electrons. The van der Waals surface area contributed by atoms with Crippen LogP contribution in [0.3, 0.4) is 0 Å². The Morgan fingerprint density at radius 3 is 2.95 bits per heavy atom. The van der Waals surface area contributed by atoms with Crippen LogP contribution in [0, 0.1) is 11.3 Å². The second-order valence-electron chi connectivity index (χ2n) is 5.08. The molecule has 0 atom stereocenters. The number of thioether (sulfide) groups is 1. The van der Waals surface area contributed by atoms with Crippen LogP contribution in [0.1, 0.15) is 37.7 Å². The molecule has 1 aliphatic carbocycles. The number of rotatable bonds is 4. The van der Waals surface area contributed by atoms with Gasteiger partial charge in [0.25, 0.3) is 0 Å². The van der Waals surface area contributed by atoms with Crippen LogP contribution in [0.25, 0.3) is 0 Å². The van der Waals surface area contributed by atoms with Gasteiger partial charge in [-0.25, -0.2) is 4.98 Å². The highest BCUT2D eigenvalue weighted by atomic mass is 32.2. The lowest BCUT2D eigenvalue weighted by molar-refractivity contribution is -0.129. The minimum absolute atomic E-state index is 0.145. The van der Waals surface area contributed by atoms with Crippen LogP contribution in [-0.4, -0.2) is 34.6 Å². The number of hydrogen-bond acceptors (Lipinski definition) is 4. The van der Waals surface area contributed by atoms with Gasteiger partial charge in [0, 0.05) is 19.3 Å². The van der Waals surface area contributed by atoms with Crippen LogP contribution in [0.5, 0.6) is 0 Å². The third kappa shape index (κ3) is 3.97. The summed E-state index contributed by atoms with van der Waals surface area (Å²) in [6, 6.07) is 5.87. The second kappa shape index (κ2) is 7.30. The van der Waals surface area contributed by atoms with Crippen LogP contribution in [-0.2, 0) is 4.79 Å². The molecule has 1 aromatic rings. The first-order chi connectivity index (χ1) is 9.70. The van der Waals surface area contributed by atoms with E-state index in [0.717, 1.165) is 17.9 Å². The first-order valence-electron chi connectivity index (χ1n) is 6.95. The molecule has 0 aromatic carbocycles. The van der Waals surface area contributed by atoms with E-state index in [-0.39, 0.29) is 5.91 Å². The molecule has 1 heterocycles. The van der Waals surface area contributed by atoms with E-state index < -0.39 is 0 Å². The standard InChI is InChI=1S/C15H19N3OS/c1-18(13-5-3-2-4-6-13)15(19)11-20-14-9-12(10-16)7-8-17-14/h7-9,13H,2-6,11H2,1H3. The highest BCUT2D eigenvalue weighted by Gasteiger charge is 2.21. The van der Waals surface area contributed by atoms with Crippen molar-refractivity contribution in [3.05, 3.63) is 23.9 Å². The molecule has 0 unspecified atom stereocenters. The lowest BCUT2D eigenvalue weighted by Gasteiger charge is -2.31. The summed E-state index contributed by atoms with van der Waals surface area (Å²) in [5.74, 6) is 0.528. The van der Waals surface area contributed by atoms with Gasteiger partial charge in [0.05, 0.1) is 22.4 Å². The fourth-order valence-corrected chi connectivity index (χ4v) is 3.29. The van der Waals surface area contributed by atoms with Gasteiger partial charge in [0.1, 0.15) is 0 Å². The molecule has 5 heteroatoms. The maximum Gasteiger partial charge on any atom is 0.232 e. The number of aromatic nitrogens is 1. The van der Waals surface area contributed by atoms with Gasteiger partial charge in [-0.3, -0.25) is 4.79 Å². The van der Waals surface area contributed by atoms with Crippen molar-refractivity contribution in [1.29, 1.82) is 5.26 Å². The van der Waals surface area contributed by atoms with E-state index in [1.807, 2.05) is 11.9 Å². The van der Waals surface area contributed by atoms with Crippen LogP contribution in [0.2, 0.25) is 0 Å². The second-order valence-corrected chi connectivity index (χ2v) is 6.08. The third-order valence-corrected chi connectivity index (χ3v) is 4.63. The van der Waals surface area contributed by atoms with Crippen LogP contribution >= 0.6 is 11.8 Å². The Bertz CT molecular complexity index is 506. The predicted octanol–water partition coefficient (Wildman–Crippen LogP) is 2.84. The largest absolute Gasteiger partial charge is 0.342 e. The number of nitriles is 1. The van der Waals surface area contributed by atoms with E-state index in [4.69, 9.17) is 5.26 Å². The number of carbonyl (C=O) groups excluding carboxylic acids is 1. The zero-order valence-corrected chi connectivity index (χ0v) is 12.5. The van der Waals surface area contributed by atoms with Crippen LogP contribution in [0.4, 0.5) is 0 Å². The number of nitrogens with zero attached hydrogens (tertiary/aromatic N) is 3. The summed E-state index contributed by atoms with van der Waals surface area (Å²) in [5.41, 5.74) is 0.579. The van der Waals surface area contributed by atoms with Crippen molar-refractivity contribution in [3.63, 3.8) is 0 Å². The van der Waals surface area contributed by atoms with Crippen molar-refractivity contribution in [1.82, 2.24) is 9.88 Å².